The van der Waals surface area contributed by atoms with E-state index in [1.165, 1.54) is 42.7 Å². The van der Waals surface area contributed by atoms with Crippen molar-refractivity contribution in [3.05, 3.63) is 43.9 Å². The van der Waals surface area contributed by atoms with Crippen molar-refractivity contribution < 1.29 is 9.72 Å². The Balaban J connectivity index is 1.71. The van der Waals surface area contributed by atoms with E-state index in [-0.39, 0.29) is 16.3 Å². The van der Waals surface area contributed by atoms with Crippen molar-refractivity contribution in [2.45, 2.75) is 38.0 Å². The van der Waals surface area contributed by atoms with Crippen LogP contribution in [0.3, 0.4) is 0 Å². The highest BCUT2D eigenvalue weighted by Gasteiger charge is 2.21. The second kappa shape index (κ2) is 7.23. The van der Waals surface area contributed by atoms with Crippen LogP contribution >= 0.6 is 22.9 Å². The summed E-state index contributed by atoms with van der Waals surface area (Å²) in [5, 5.41) is 22.9. The first-order chi connectivity index (χ1) is 11.5. The SMILES string of the molecule is O=C(Nc1nnc(C2CCCCC2)s1)c1ccc([N+](=O)[O-])cc1Cl. The molecule has 1 N–H and O–H groups in total. The molecule has 1 saturated carbocycles. The van der Waals surface area contributed by atoms with Crippen LogP contribution in [0, 0.1) is 10.1 Å². The van der Waals surface area contributed by atoms with Gasteiger partial charge in [0.15, 0.2) is 0 Å². The number of benzene rings is 1. The van der Waals surface area contributed by atoms with Gasteiger partial charge in [-0.2, -0.15) is 0 Å². The molecule has 24 heavy (non-hydrogen) atoms. The van der Waals surface area contributed by atoms with Crippen molar-refractivity contribution in [1.82, 2.24) is 10.2 Å². The van der Waals surface area contributed by atoms with Crippen LogP contribution in [0.25, 0.3) is 0 Å². The van der Waals surface area contributed by atoms with Crippen molar-refractivity contribution in [2.75, 3.05) is 5.32 Å². The molecule has 0 spiro atoms. The Morgan fingerprint density at radius 2 is 2.04 bits per heavy atom. The van der Waals surface area contributed by atoms with Gasteiger partial charge < -0.3 is 0 Å². The molecular formula is C15H15ClN4O3S. The lowest BCUT2D eigenvalue weighted by atomic mass is 9.90. The maximum absolute atomic E-state index is 12.3. The number of non-ortho nitro benzene ring substituents is 1. The Morgan fingerprint density at radius 1 is 1.29 bits per heavy atom. The van der Waals surface area contributed by atoms with Crippen LogP contribution in [-0.2, 0) is 0 Å². The number of hydrogen-bond acceptors (Lipinski definition) is 6. The van der Waals surface area contributed by atoms with E-state index in [9.17, 15) is 14.9 Å². The van der Waals surface area contributed by atoms with E-state index >= 15 is 0 Å². The maximum Gasteiger partial charge on any atom is 0.270 e. The van der Waals surface area contributed by atoms with Crippen molar-refractivity contribution in [3.63, 3.8) is 0 Å². The highest BCUT2D eigenvalue weighted by atomic mass is 35.5. The van der Waals surface area contributed by atoms with Gasteiger partial charge in [0.05, 0.1) is 15.5 Å². The Bertz CT molecular complexity index is 774. The number of nitro benzene ring substituents is 1. The second-order valence-corrected chi connectivity index (χ2v) is 7.07. The van der Waals surface area contributed by atoms with Crippen molar-refractivity contribution >= 4 is 39.7 Å². The molecule has 2 aromatic rings. The number of nitrogens with one attached hydrogen (secondary N) is 1. The van der Waals surface area contributed by atoms with Crippen LogP contribution in [0.2, 0.25) is 5.02 Å². The fraction of sp³-hybridized carbons (Fsp3) is 0.400. The predicted molar refractivity (Wildman–Crippen MR) is 91.8 cm³/mol. The Morgan fingerprint density at radius 3 is 2.71 bits per heavy atom. The predicted octanol–water partition coefficient (Wildman–Crippen LogP) is 4.40. The lowest BCUT2D eigenvalue weighted by Crippen LogP contribution is -2.12. The average molecular weight is 367 g/mol. The summed E-state index contributed by atoms with van der Waals surface area (Å²) < 4.78 is 0. The molecular weight excluding hydrogens is 352 g/mol. The van der Waals surface area contributed by atoms with Gasteiger partial charge in [-0.15, -0.1) is 10.2 Å². The lowest BCUT2D eigenvalue weighted by molar-refractivity contribution is -0.384. The number of hydrogen-bond donors (Lipinski definition) is 1. The number of rotatable bonds is 4. The van der Waals surface area contributed by atoms with Gasteiger partial charge in [0.1, 0.15) is 5.01 Å². The summed E-state index contributed by atoms with van der Waals surface area (Å²) in [5.74, 6) is -0.0360. The molecule has 9 heteroatoms. The van der Waals surface area contributed by atoms with E-state index in [0.717, 1.165) is 23.9 Å². The van der Waals surface area contributed by atoms with Gasteiger partial charge in [-0.1, -0.05) is 42.2 Å². The highest BCUT2D eigenvalue weighted by Crippen LogP contribution is 2.35. The van der Waals surface area contributed by atoms with E-state index in [2.05, 4.69) is 15.5 Å². The molecule has 1 aromatic carbocycles. The molecule has 1 fully saturated rings. The summed E-state index contributed by atoms with van der Waals surface area (Å²) in [6, 6.07) is 3.73. The van der Waals surface area contributed by atoms with Crippen LogP contribution in [-0.4, -0.2) is 21.0 Å². The van der Waals surface area contributed by atoms with Gasteiger partial charge >= 0.3 is 0 Å². The molecule has 0 unspecified atom stereocenters. The Kier molecular flexibility index (Phi) is 5.06. The topological polar surface area (TPSA) is 98.0 Å². The molecule has 7 nitrogen and oxygen atoms in total. The number of halogens is 1. The zero-order valence-corrected chi connectivity index (χ0v) is 14.3. The van der Waals surface area contributed by atoms with Crippen LogP contribution in [0.4, 0.5) is 10.8 Å². The van der Waals surface area contributed by atoms with Gasteiger partial charge in [-0.3, -0.25) is 20.2 Å². The number of nitrogens with zero attached hydrogens (tertiary/aromatic N) is 3. The number of carbonyl (C=O) groups is 1. The lowest BCUT2D eigenvalue weighted by Gasteiger charge is -2.18. The van der Waals surface area contributed by atoms with E-state index < -0.39 is 10.8 Å². The van der Waals surface area contributed by atoms with E-state index in [0.29, 0.717) is 11.0 Å². The van der Waals surface area contributed by atoms with Crippen molar-refractivity contribution in [2.24, 2.45) is 0 Å². The van der Waals surface area contributed by atoms with Crippen molar-refractivity contribution in [3.8, 4) is 0 Å². The number of amides is 1. The number of carbonyl (C=O) groups excluding carboxylic acids is 1. The summed E-state index contributed by atoms with van der Waals surface area (Å²) >= 11 is 7.33. The third kappa shape index (κ3) is 3.70. The molecule has 0 aliphatic heterocycles. The first-order valence-electron chi connectivity index (χ1n) is 7.63. The van der Waals surface area contributed by atoms with Gasteiger partial charge in [0.2, 0.25) is 5.13 Å². The smallest absolute Gasteiger partial charge is 0.270 e. The monoisotopic (exact) mass is 366 g/mol. The van der Waals surface area contributed by atoms with E-state index in [4.69, 9.17) is 11.6 Å². The molecule has 1 aliphatic carbocycles. The molecule has 0 bridgehead atoms. The largest absolute Gasteiger partial charge is 0.296 e. The Hall–Kier alpha value is -2.06. The first kappa shape index (κ1) is 16.8. The van der Waals surface area contributed by atoms with Crippen LogP contribution < -0.4 is 5.32 Å². The molecule has 126 valence electrons. The normalized spacial score (nSPS) is 15.2. The summed E-state index contributed by atoms with van der Waals surface area (Å²) in [7, 11) is 0. The number of nitro groups is 1. The third-order valence-corrected chi connectivity index (χ3v) is 5.34. The first-order valence-corrected chi connectivity index (χ1v) is 8.82. The summed E-state index contributed by atoms with van der Waals surface area (Å²) in [6.45, 7) is 0. The quantitative estimate of drug-likeness (QED) is 0.638. The summed E-state index contributed by atoms with van der Waals surface area (Å²) in [5.41, 5.74) is 0.00346. The zero-order valence-electron chi connectivity index (χ0n) is 12.7. The summed E-state index contributed by atoms with van der Waals surface area (Å²) in [4.78, 5) is 22.4. The Labute approximate surface area is 147 Å². The van der Waals surface area contributed by atoms with Gasteiger partial charge in [-0.05, 0) is 18.9 Å². The van der Waals surface area contributed by atoms with E-state index in [1.807, 2.05) is 0 Å². The standard InChI is InChI=1S/C15H15ClN4O3S/c16-12-8-10(20(22)23)6-7-11(12)13(21)17-15-19-18-14(24-15)9-4-2-1-3-5-9/h6-9H,1-5H2,(H,17,19,21). The molecule has 1 heterocycles. The van der Waals surface area contributed by atoms with Gasteiger partial charge in [0.25, 0.3) is 11.6 Å². The summed E-state index contributed by atoms with van der Waals surface area (Å²) in [6.07, 6.45) is 5.87. The number of anilines is 1. The van der Waals surface area contributed by atoms with E-state index in [1.54, 1.807) is 0 Å². The highest BCUT2D eigenvalue weighted by molar-refractivity contribution is 7.15. The van der Waals surface area contributed by atoms with Crippen molar-refractivity contribution in [1.29, 1.82) is 0 Å². The minimum Gasteiger partial charge on any atom is -0.296 e. The van der Waals surface area contributed by atoms with Gasteiger partial charge in [-0.25, -0.2) is 0 Å². The fourth-order valence-electron chi connectivity index (χ4n) is 2.77. The minimum atomic E-state index is -0.561. The van der Waals surface area contributed by atoms with Crippen LogP contribution in [0.15, 0.2) is 18.2 Å². The average Bonchev–Trinajstić information content (AvgIpc) is 3.03. The number of aromatic nitrogens is 2. The second-order valence-electron chi connectivity index (χ2n) is 5.66. The molecule has 0 atom stereocenters. The molecule has 1 aromatic heterocycles. The molecule has 1 aliphatic rings. The molecule has 3 rings (SSSR count). The van der Waals surface area contributed by atoms with Crippen LogP contribution in [0.5, 0.6) is 0 Å². The molecule has 1 amide bonds. The fourth-order valence-corrected chi connectivity index (χ4v) is 3.93. The zero-order chi connectivity index (χ0) is 17.1. The van der Waals surface area contributed by atoms with Gasteiger partial charge in [0, 0.05) is 18.1 Å². The molecule has 0 radical (unpaired) electrons. The minimum absolute atomic E-state index is 0.0266. The third-order valence-electron chi connectivity index (χ3n) is 4.02. The van der Waals surface area contributed by atoms with Crippen LogP contribution in [0.1, 0.15) is 53.4 Å². The maximum atomic E-state index is 12.3. The molecule has 0 saturated heterocycles.